The monoisotopic (exact) mass is 285 g/mol. The van der Waals surface area contributed by atoms with E-state index < -0.39 is 0 Å². The molecule has 3 heteroatoms. The molecule has 0 saturated heterocycles. The van der Waals surface area contributed by atoms with Crippen molar-refractivity contribution in [3.8, 4) is 17.6 Å². The third kappa shape index (κ3) is 3.12. The van der Waals surface area contributed by atoms with Crippen molar-refractivity contribution in [1.29, 1.82) is 5.26 Å². The lowest BCUT2D eigenvalue weighted by Crippen LogP contribution is -1.97. The summed E-state index contributed by atoms with van der Waals surface area (Å²) in [5.74, 6) is 1.73. The number of rotatable bonds is 4. The van der Waals surface area contributed by atoms with Gasteiger partial charge in [-0.25, -0.2) is 0 Å². The van der Waals surface area contributed by atoms with Crippen LogP contribution >= 0.6 is 11.6 Å². The molecular weight excluding hydrogens is 270 g/mol. The Morgan fingerprint density at radius 3 is 2.65 bits per heavy atom. The molecule has 0 fully saturated rings. The highest BCUT2D eigenvalue weighted by atomic mass is 35.5. The number of hydrogen-bond donors (Lipinski definition) is 0. The summed E-state index contributed by atoms with van der Waals surface area (Å²) in [4.78, 5) is 0. The highest BCUT2D eigenvalue weighted by molar-refractivity contribution is 6.30. The molecule has 2 aromatic rings. The minimum absolute atomic E-state index is 0.407. The minimum atomic E-state index is 0.407. The van der Waals surface area contributed by atoms with Crippen LogP contribution in [0, 0.1) is 11.3 Å². The van der Waals surface area contributed by atoms with Crippen LogP contribution in [0.4, 0.5) is 0 Å². The number of ether oxygens (including phenoxy) is 1. The van der Waals surface area contributed by atoms with Crippen molar-refractivity contribution in [2.24, 2.45) is 0 Å². The van der Waals surface area contributed by atoms with Crippen molar-refractivity contribution in [3.63, 3.8) is 0 Å². The number of halogens is 1. The predicted molar refractivity (Wildman–Crippen MR) is 81.4 cm³/mol. The van der Waals surface area contributed by atoms with Crippen LogP contribution in [0.5, 0.6) is 11.5 Å². The average molecular weight is 286 g/mol. The average Bonchev–Trinajstić information content (AvgIpc) is 2.48. The van der Waals surface area contributed by atoms with E-state index >= 15 is 0 Å². The van der Waals surface area contributed by atoms with E-state index in [1.807, 2.05) is 18.2 Å². The number of para-hydroxylation sites is 1. The number of nitriles is 1. The second-order valence-corrected chi connectivity index (χ2v) is 5.14. The van der Waals surface area contributed by atoms with Crippen LogP contribution in [-0.2, 0) is 0 Å². The van der Waals surface area contributed by atoms with Crippen LogP contribution in [0.15, 0.2) is 42.5 Å². The molecule has 0 amide bonds. The van der Waals surface area contributed by atoms with E-state index in [1.165, 1.54) is 0 Å². The van der Waals surface area contributed by atoms with Crippen LogP contribution < -0.4 is 4.74 Å². The van der Waals surface area contributed by atoms with E-state index in [9.17, 15) is 0 Å². The van der Waals surface area contributed by atoms with Crippen LogP contribution in [0.1, 0.15) is 37.3 Å². The molecule has 0 spiro atoms. The standard InChI is InChI=1S/C17H16ClNO/c1-3-12(2)15-6-4-5-7-17(15)20-16-9-8-14(18)10-13(16)11-19/h4-10,12H,3H2,1-2H3. The van der Waals surface area contributed by atoms with Crippen molar-refractivity contribution in [1.82, 2.24) is 0 Å². The molecule has 0 aromatic heterocycles. The predicted octanol–water partition coefficient (Wildman–Crippen LogP) is 5.52. The van der Waals surface area contributed by atoms with Crippen molar-refractivity contribution in [3.05, 3.63) is 58.6 Å². The van der Waals surface area contributed by atoms with Gasteiger partial charge in [-0.2, -0.15) is 5.26 Å². The Bertz CT molecular complexity index is 646. The lowest BCUT2D eigenvalue weighted by Gasteiger charge is -2.16. The smallest absolute Gasteiger partial charge is 0.145 e. The molecule has 1 atom stereocenters. The summed E-state index contributed by atoms with van der Waals surface area (Å²) in [6.45, 7) is 4.31. The summed E-state index contributed by atoms with van der Waals surface area (Å²) in [6.07, 6.45) is 1.03. The molecule has 2 rings (SSSR count). The number of benzene rings is 2. The fourth-order valence-corrected chi connectivity index (χ4v) is 2.17. The van der Waals surface area contributed by atoms with Gasteiger partial charge in [0.05, 0.1) is 5.56 Å². The van der Waals surface area contributed by atoms with Crippen molar-refractivity contribution >= 4 is 11.6 Å². The van der Waals surface area contributed by atoms with Gasteiger partial charge in [-0.15, -0.1) is 0 Å². The quantitative estimate of drug-likeness (QED) is 0.741. The minimum Gasteiger partial charge on any atom is -0.456 e. The van der Waals surface area contributed by atoms with Crippen LogP contribution in [-0.4, -0.2) is 0 Å². The summed E-state index contributed by atoms with van der Waals surface area (Å²) >= 11 is 5.90. The maximum Gasteiger partial charge on any atom is 0.145 e. The van der Waals surface area contributed by atoms with E-state index in [-0.39, 0.29) is 0 Å². The Balaban J connectivity index is 2.38. The van der Waals surface area contributed by atoms with Gasteiger partial charge >= 0.3 is 0 Å². The molecule has 102 valence electrons. The molecule has 2 aromatic carbocycles. The Labute approximate surface area is 124 Å². The van der Waals surface area contributed by atoms with Gasteiger partial charge < -0.3 is 4.74 Å². The summed E-state index contributed by atoms with van der Waals surface area (Å²) in [7, 11) is 0. The molecule has 0 bridgehead atoms. The van der Waals surface area contributed by atoms with E-state index in [2.05, 4.69) is 26.0 Å². The molecule has 0 aliphatic carbocycles. The summed E-state index contributed by atoms with van der Waals surface area (Å²) in [6, 6.07) is 15.1. The van der Waals surface area contributed by atoms with E-state index in [4.69, 9.17) is 21.6 Å². The largest absolute Gasteiger partial charge is 0.456 e. The molecule has 0 saturated carbocycles. The Morgan fingerprint density at radius 1 is 1.20 bits per heavy atom. The molecule has 0 heterocycles. The van der Waals surface area contributed by atoms with E-state index in [1.54, 1.807) is 18.2 Å². The zero-order chi connectivity index (χ0) is 14.5. The molecule has 0 N–H and O–H groups in total. The van der Waals surface area contributed by atoms with Gasteiger partial charge in [-0.05, 0) is 42.2 Å². The third-order valence-electron chi connectivity index (χ3n) is 3.34. The van der Waals surface area contributed by atoms with Crippen LogP contribution in [0.2, 0.25) is 5.02 Å². The van der Waals surface area contributed by atoms with E-state index in [0.29, 0.717) is 22.3 Å². The Hall–Kier alpha value is -1.98. The van der Waals surface area contributed by atoms with Gasteiger partial charge in [0.2, 0.25) is 0 Å². The van der Waals surface area contributed by atoms with Crippen LogP contribution in [0.3, 0.4) is 0 Å². The number of hydrogen-bond acceptors (Lipinski definition) is 2. The SMILES string of the molecule is CCC(C)c1ccccc1Oc1ccc(Cl)cc1C#N. The third-order valence-corrected chi connectivity index (χ3v) is 3.58. The maximum atomic E-state index is 9.16. The second-order valence-electron chi connectivity index (χ2n) is 4.70. The van der Waals surface area contributed by atoms with Gasteiger partial charge in [0, 0.05) is 5.02 Å². The highest BCUT2D eigenvalue weighted by Crippen LogP contribution is 2.33. The molecule has 20 heavy (non-hydrogen) atoms. The van der Waals surface area contributed by atoms with Crippen molar-refractivity contribution < 1.29 is 4.74 Å². The zero-order valence-electron chi connectivity index (χ0n) is 11.6. The first kappa shape index (κ1) is 14.4. The topological polar surface area (TPSA) is 33.0 Å². The fourth-order valence-electron chi connectivity index (χ4n) is 2.00. The molecule has 2 nitrogen and oxygen atoms in total. The first-order valence-electron chi connectivity index (χ1n) is 6.62. The molecule has 0 aliphatic rings. The summed E-state index contributed by atoms with van der Waals surface area (Å²) in [5, 5.41) is 9.69. The van der Waals surface area contributed by atoms with Crippen molar-refractivity contribution in [2.45, 2.75) is 26.2 Å². The lowest BCUT2D eigenvalue weighted by atomic mass is 9.98. The van der Waals surface area contributed by atoms with Crippen molar-refractivity contribution in [2.75, 3.05) is 0 Å². The van der Waals surface area contributed by atoms with Crippen LogP contribution in [0.25, 0.3) is 0 Å². The summed E-state index contributed by atoms with van der Waals surface area (Å²) < 4.78 is 5.93. The Morgan fingerprint density at radius 2 is 1.95 bits per heavy atom. The van der Waals surface area contributed by atoms with Gasteiger partial charge in [-0.1, -0.05) is 43.6 Å². The first-order valence-corrected chi connectivity index (χ1v) is 7.00. The highest BCUT2D eigenvalue weighted by Gasteiger charge is 2.12. The number of nitrogens with zero attached hydrogens (tertiary/aromatic N) is 1. The molecular formula is C17H16ClNO. The molecule has 1 unspecified atom stereocenters. The van der Waals surface area contributed by atoms with Gasteiger partial charge in [0.1, 0.15) is 17.6 Å². The fraction of sp³-hybridized carbons (Fsp3) is 0.235. The second kappa shape index (κ2) is 6.45. The summed E-state index contributed by atoms with van der Waals surface area (Å²) in [5.41, 5.74) is 1.59. The van der Waals surface area contributed by atoms with Gasteiger partial charge in [0.15, 0.2) is 0 Å². The maximum absolute atomic E-state index is 9.16. The molecule has 0 aliphatic heterocycles. The normalized spacial score (nSPS) is 11.7. The lowest BCUT2D eigenvalue weighted by molar-refractivity contribution is 0.469. The zero-order valence-corrected chi connectivity index (χ0v) is 12.3. The van der Waals surface area contributed by atoms with E-state index in [0.717, 1.165) is 17.7 Å². The first-order chi connectivity index (χ1) is 9.65. The van der Waals surface area contributed by atoms with Gasteiger partial charge in [0.25, 0.3) is 0 Å². The van der Waals surface area contributed by atoms with Gasteiger partial charge in [-0.3, -0.25) is 0 Å². The Kier molecular flexibility index (Phi) is 4.65. The molecule has 0 radical (unpaired) electrons.